The quantitative estimate of drug-likeness (QED) is 0.730. The van der Waals surface area contributed by atoms with Gasteiger partial charge in [-0.2, -0.15) is 13.2 Å². The van der Waals surface area contributed by atoms with Gasteiger partial charge in [0.2, 0.25) is 0 Å². The summed E-state index contributed by atoms with van der Waals surface area (Å²) in [5.41, 5.74) is 6.38. The van der Waals surface area contributed by atoms with Crippen LogP contribution in [0, 0.1) is 0 Å². The fraction of sp³-hybridized carbons (Fsp3) is 0.538. The van der Waals surface area contributed by atoms with E-state index in [1.807, 2.05) is 0 Å². The van der Waals surface area contributed by atoms with E-state index >= 15 is 0 Å². The van der Waals surface area contributed by atoms with Crippen LogP contribution < -0.4 is 5.73 Å². The van der Waals surface area contributed by atoms with Crippen LogP contribution in [-0.2, 0) is 6.18 Å². The maximum atomic E-state index is 12.6. The van der Waals surface area contributed by atoms with Crippen LogP contribution in [0.3, 0.4) is 0 Å². The van der Waals surface area contributed by atoms with Gasteiger partial charge < -0.3 is 5.73 Å². The summed E-state index contributed by atoms with van der Waals surface area (Å²) in [5, 5.41) is 0. The third-order valence-electron chi connectivity index (χ3n) is 3.46. The highest BCUT2D eigenvalue weighted by molar-refractivity contribution is 5.51. The molecule has 0 atom stereocenters. The first-order valence-corrected chi connectivity index (χ1v) is 5.95. The molecule has 0 unspecified atom stereocenters. The fourth-order valence-corrected chi connectivity index (χ4v) is 2.52. The molecule has 4 heteroatoms. The van der Waals surface area contributed by atoms with E-state index in [9.17, 15) is 13.2 Å². The minimum Gasteiger partial charge on any atom is -0.398 e. The molecule has 0 spiro atoms. The average molecular weight is 243 g/mol. The lowest BCUT2D eigenvalue weighted by Crippen LogP contribution is -2.11. The van der Waals surface area contributed by atoms with Crippen LogP contribution in [0.5, 0.6) is 0 Å². The second kappa shape index (κ2) is 4.59. The van der Waals surface area contributed by atoms with Crippen molar-refractivity contribution < 1.29 is 13.2 Å². The number of benzene rings is 1. The van der Waals surface area contributed by atoms with Gasteiger partial charge in [0.25, 0.3) is 0 Å². The van der Waals surface area contributed by atoms with Gasteiger partial charge in [-0.15, -0.1) is 0 Å². The van der Waals surface area contributed by atoms with E-state index in [2.05, 4.69) is 0 Å². The lowest BCUT2D eigenvalue weighted by molar-refractivity contribution is -0.137. The molecule has 17 heavy (non-hydrogen) atoms. The van der Waals surface area contributed by atoms with Crippen molar-refractivity contribution in [3.63, 3.8) is 0 Å². The molecule has 1 aromatic carbocycles. The van der Waals surface area contributed by atoms with E-state index in [-0.39, 0.29) is 5.92 Å². The predicted molar refractivity (Wildman–Crippen MR) is 61.7 cm³/mol. The summed E-state index contributed by atoms with van der Waals surface area (Å²) in [5.74, 6) is 0.200. The molecule has 0 saturated heterocycles. The molecule has 0 heterocycles. The third-order valence-corrected chi connectivity index (χ3v) is 3.46. The van der Waals surface area contributed by atoms with Crippen LogP contribution in [0.15, 0.2) is 18.2 Å². The van der Waals surface area contributed by atoms with E-state index in [0.717, 1.165) is 31.7 Å². The number of alkyl halides is 3. The molecule has 2 N–H and O–H groups in total. The Morgan fingerprint density at radius 1 is 1.06 bits per heavy atom. The molecule has 1 nitrogen and oxygen atoms in total. The van der Waals surface area contributed by atoms with Crippen molar-refractivity contribution >= 4 is 5.69 Å². The SMILES string of the molecule is Nc1ccc(C(F)(F)F)cc1C1CCCCC1. The van der Waals surface area contributed by atoms with Gasteiger partial charge in [0.1, 0.15) is 0 Å². The molecule has 94 valence electrons. The minimum atomic E-state index is -4.28. The first kappa shape index (κ1) is 12.3. The summed E-state index contributed by atoms with van der Waals surface area (Å²) in [6, 6.07) is 3.67. The second-order valence-electron chi connectivity index (χ2n) is 4.68. The summed E-state index contributed by atoms with van der Waals surface area (Å²) in [7, 11) is 0. The van der Waals surface area contributed by atoms with Gasteiger partial charge >= 0.3 is 6.18 Å². The summed E-state index contributed by atoms with van der Waals surface area (Å²) in [4.78, 5) is 0. The number of hydrogen-bond acceptors (Lipinski definition) is 1. The lowest BCUT2D eigenvalue weighted by atomic mass is 9.83. The van der Waals surface area contributed by atoms with Gasteiger partial charge in [-0.3, -0.25) is 0 Å². The highest BCUT2D eigenvalue weighted by Gasteiger charge is 2.31. The van der Waals surface area contributed by atoms with E-state index in [1.165, 1.54) is 18.6 Å². The van der Waals surface area contributed by atoms with E-state index < -0.39 is 11.7 Å². The zero-order valence-electron chi connectivity index (χ0n) is 9.56. The molecule has 2 rings (SSSR count). The summed E-state index contributed by atoms with van der Waals surface area (Å²) < 4.78 is 37.9. The molecule has 0 radical (unpaired) electrons. The fourth-order valence-electron chi connectivity index (χ4n) is 2.52. The molecular formula is C13H16F3N. The predicted octanol–water partition coefficient (Wildman–Crippen LogP) is 4.34. The van der Waals surface area contributed by atoms with Gasteiger partial charge in [-0.05, 0) is 42.5 Å². The molecule has 1 fully saturated rings. The Bertz CT molecular complexity index is 392. The third kappa shape index (κ3) is 2.73. The van der Waals surface area contributed by atoms with Crippen molar-refractivity contribution in [2.45, 2.75) is 44.2 Å². The molecular weight excluding hydrogens is 227 g/mol. The van der Waals surface area contributed by atoms with Crippen molar-refractivity contribution in [2.24, 2.45) is 0 Å². The Kier molecular flexibility index (Phi) is 3.31. The summed E-state index contributed by atoms with van der Waals surface area (Å²) in [6.45, 7) is 0. The maximum absolute atomic E-state index is 12.6. The first-order chi connectivity index (χ1) is 7.98. The number of nitrogens with two attached hydrogens (primary N) is 1. The normalized spacial score (nSPS) is 18.3. The van der Waals surface area contributed by atoms with Crippen LogP contribution in [0.25, 0.3) is 0 Å². The van der Waals surface area contributed by atoms with E-state index in [4.69, 9.17) is 5.73 Å². The average Bonchev–Trinajstić information content (AvgIpc) is 2.29. The van der Waals surface area contributed by atoms with Gasteiger partial charge in [-0.1, -0.05) is 19.3 Å². The molecule has 1 aliphatic carbocycles. The zero-order chi connectivity index (χ0) is 12.5. The van der Waals surface area contributed by atoms with Gasteiger partial charge in [0.05, 0.1) is 5.56 Å². The number of anilines is 1. The number of hydrogen-bond donors (Lipinski definition) is 1. The van der Waals surface area contributed by atoms with Gasteiger partial charge in [-0.25, -0.2) is 0 Å². The Hall–Kier alpha value is -1.19. The number of rotatable bonds is 1. The van der Waals surface area contributed by atoms with E-state index in [1.54, 1.807) is 0 Å². The first-order valence-electron chi connectivity index (χ1n) is 5.95. The Morgan fingerprint density at radius 3 is 2.29 bits per heavy atom. The zero-order valence-corrected chi connectivity index (χ0v) is 9.56. The highest BCUT2D eigenvalue weighted by atomic mass is 19.4. The van der Waals surface area contributed by atoms with E-state index in [0.29, 0.717) is 11.3 Å². The molecule has 0 aliphatic heterocycles. The number of nitrogen functional groups attached to an aromatic ring is 1. The summed E-state index contributed by atoms with van der Waals surface area (Å²) in [6.07, 6.45) is 0.963. The van der Waals surface area contributed by atoms with Crippen molar-refractivity contribution in [1.29, 1.82) is 0 Å². The highest BCUT2D eigenvalue weighted by Crippen LogP contribution is 2.38. The van der Waals surface area contributed by atoms with Crippen LogP contribution >= 0.6 is 0 Å². The summed E-state index contributed by atoms with van der Waals surface area (Å²) >= 11 is 0. The monoisotopic (exact) mass is 243 g/mol. The Morgan fingerprint density at radius 2 is 1.71 bits per heavy atom. The molecule has 1 aromatic rings. The Balaban J connectivity index is 2.31. The van der Waals surface area contributed by atoms with Crippen molar-refractivity contribution in [1.82, 2.24) is 0 Å². The van der Waals surface area contributed by atoms with Gasteiger partial charge in [0.15, 0.2) is 0 Å². The van der Waals surface area contributed by atoms with Crippen LogP contribution in [0.4, 0.5) is 18.9 Å². The Labute approximate surface area is 98.8 Å². The largest absolute Gasteiger partial charge is 0.416 e. The van der Waals surface area contributed by atoms with Crippen LogP contribution in [-0.4, -0.2) is 0 Å². The molecule has 0 aromatic heterocycles. The van der Waals surface area contributed by atoms with Crippen molar-refractivity contribution in [3.05, 3.63) is 29.3 Å². The molecule has 0 amide bonds. The standard InChI is InChI=1S/C13H16F3N/c14-13(15,16)10-6-7-12(17)11(8-10)9-4-2-1-3-5-9/h6-9H,1-5,17H2. The smallest absolute Gasteiger partial charge is 0.398 e. The second-order valence-corrected chi connectivity index (χ2v) is 4.68. The van der Waals surface area contributed by atoms with Crippen molar-refractivity contribution in [2.75, 3.05) is 5.73 Å². The van der Waals surface area contributed by atoms with Crippen molar-refractivity contribution in [3.8, 4) is 0 Å². The topological polar surface area (TPSA) is 26.0 Å². The lowest BCUT2D eigenvalue weighted by Gasteiger charge is -2.24. The van der Waals surface area contributed by atoms with Gasteiger partial charge in [0, 0.05) is 5.69 Å². The van der Waals surface area contributed by atoms with Crippen LogP contribution in [0.1, 0.15) is 49.1 Å². The molecule has 1 aliphatic rings. The molecule has 0 bridgehead atoms. The maximum Gasteiger partial charge on any atom is 0.416 e. The minimum absolute atomic E-state index is 0.200. The number of halogens is 3. The van der Waals surface area contributed by atoms with Crippen LogP contribution in [0.2, 0.25) is 0 Å². The molecule has 1 saturated carbocycles.